The highest BCUT2D eigenvalue weighted by atomic mass is 19.1. The molecule has 0 aliphatic heterocycles. The summed E-state index contributed by atoms with van der Waals surface area (Å²) >= 11 is 0. The summed E-state index contributed by atoms with van der Waals surface area (Å²) in [5.74, 6) is -1.65. The van der Waals surface area contributed by atoms with E-state index in [1.165, 1.54) is 0 Å². The van der Waals surface area contributed by atoms with Crippen molar-refractivity contribution < 1.29 is 9.18 Å². The quantitative estimate of drug-likeness (QED) is 0.716. The van der Waals surface area contributed by atoms with Gasteiger partial charge in [0, 0.05) is 12.6 Å². The van der Waals surface area contributed by atoms with Crippen molar-refractivity contribution in [3.8, 4) is 0 Å². The van der Waals surface area contributed by atoms with Gasteiger partial charge in [-0.05, 0) is 6.42 Å². The zero-order chi connectivity index (χ0) is 11.4. The molecule has 0 aromatic carbocycles. The van der Waals surface area contributed by atoms with Crippen LogP contribution >= 0.6 is 0 Å². The van der Waals surface area contributed by atoms with Gasteiger partial charge in [0.15, 0.2) is 0 Å². The summed E-state index contributed by atoms with van der Waals surface area (Å²) in [4.78, 5) is 35.2. The molecule has 1 heterocycles. The summed E-state index contributed by atoms with van der Waals surface area (Å²) in [5, 5.41) is 0. The molecule has 0 fully saturated rings. The first-order valence-electron chi connectivity index (χ1n) is 4.36. The lowest BCUT2D eigenvalue weighted by Gasteiger charge is -2.04. The molecule has 1 aromatic heterocycles. The van der Waals surface area contributed by atoms with Gasteiger partial charge in [0.2, 0.25) is 11.7 Å². The van der Waals surface area contributed by atoms with E-state index in [1.807, 2.05) is 10.4 Å². The Balaban J connectivity index is 3.05. The molecule has 0 radical (unpaired) electrons. The number of hydrogen-bond donors (Lipinski definition) is 2. The van der Waals surface area contributed by atoms with Crippen molar-refractivity contribution in [2.45, 2.75) is 19.8 Å². The Kier molecular flexibility index (Phi) is 3.37. The Morgan fingerprint density at radius 1 is 1.60 bits per heavy atom. The lowest BCUT2D eigenvalue weighted by molar-refractivity contribution is -0.117. The normalized spacial score (nSPS) is 10.0. The van der Waals surface area contributed by atoms with Crippen molar-refractivity contribution in [3.63, 3.8) is 0 Å². The Morgan fingerprint density at radius 2 is 2.27 bits per heavy atom. The molecule has 1 aromatic rings. The molecule has 7 heteroatoms. The van der Waals surface area contributed by atoms with Crippen molar-refractivity contribution in [1.29, 1.82) is 0 Å². The van der Waals surface area contributed by atoms with Gasteiger partial charge in [-0.2, -0.15) is 9.07 Å². The number of hydrogen-bond acceptors (Lipinski definition) is 3. The molecule has 0 unspecified atom stereocenters. The van der Waals surface area contributed by atoms with Gasteiger partial charge in [0.05, 0.1) is 0 Å². The van der Waals surface area contributed by atoms with Crippen LogP contribution in [0.4, 0.5) is 4.39 Å². The molecule has 1 rings (SSSR count). The molecule has 0 aliphatic rings. The SMILES string of the molecule is CCCC(=O)Nn1c(=O)[nH]cc(F)c1=O. The van der Waals surface area contributed by atoms with E-state index in [-0.39, 0.29) is 6.42 Å². The molecule has 0 bridgehead atoms. The summed E-state index contributed by atoms with van der Waals surface area (Å²) in [6.07, 6.45) is 1.36. The molecular weight excluding hydrogens is 205 g/mol. The fourth-order valence-electron chi connectivity index (χ4n) is 0.960. The second-order valence-electron chi connectivity index (χ2n) is 2.87. The minimum Gasteiger partial charge on any atom is -0.310 e. The second kappa shape index (κ2) is 4.54. The highest BCUT2D eigenvalue weighted by molar-refractivity contribution is 5.83. The predicted octanol–water partition coefficient (Wildman–Crippen LogP) is -0.454. The van der Waals surface area contributed by atoms with E-state index in [1.54, 1.807) is 6.92 Å². The molecule has 6 nitrogen and oxygen atoms in total. The molecule has 0 saturated heterocycles. The standard InChI is InChI=1S/C8H10FN3O3/c1-2-3-6(13)11-12-7(14)5(9)4-10-8(12)15/h4H,2-3H2,1H3,(H,10,15)(H,11,13). The van der Waals surface area contributed by atoms with Gasteiger partial charge in [0.1, 0.15) is 0 Å². The van der Waals surface area contributed by atoms with Crippen LogP contribution < -0.4 is 16.7 Å². The summed E-state index contributed by atoms with van der Waals surface area (Å²) in [6, 6.07) is 0. The first-order chi connectivity index (χ1) is 7.06. The molecule has 0 atom stereocenters. The Labute approximate surface area is 83.7 Å². The number of carbonyl (C=O) groups excluding carboxylic acids is 1. The van der Waals surface area contributed by atoms with Gasteiger partial charge >= 0.3 is 11.2 Å². The minimum atomic E-state index is -1.18. The number of aromatic nitrogens is 2. The van der Waals surface area contributed by atoms with Gasteiger partial charge < -0.3 is 4.98 Å². The number of amides is 1. The maximum atomic E-state index is 12.7. The lowest BCUT2D eigenvalue weighted by Crippen LogP contribution is -2.44. The zero-order valence-corrected chi connectivity index (χ0v) is 8.04. The predicted molar refractivity (Wildman–Crippen MR) is 50.6 cm³/mol. The molecule has 82 valence electrons. The number of halogens is 1. The molecule has 15 heavy (non-hydrogen) atoms. The first kappa shape index (κ1) is 11.2. The van der Waals surface area contributed by atoms with Crippen LogP contribution in [0.1, 0.15) is 19.8 Å². The van der Waals surface area contributed by atoms with Gasteiger partial charge in [-0.1, -0.05) is 6.92 Å². The third-order valence-electron chi connectivity index (χ3n) is 1.65. The van der Waals surface area contributed by atoms with Crippen LogP contribution in [0.5, 0.6) is 0 Å². The van der Waals surface area contributed by atoms with Crippen LogP contribution in [0.2, 0.25) is 0 Å². The van der Waals surface area contributed by atoms with E-state index in [0.29, 0.717) is 17.3 Å². The van der Waals surface area contributed by atoms with E-state index < -0.39 is 23.0 Å². The maximum absolute atomic E-state index is 12.7. The Bertz CT molecular complexity index is 477. The zero-order valence-electron chi connectivity index (χ0n) is 8.04. The fourth-order valence-corrected chi connectivity index (χ4v) is 0.960. The van der Waals surface area contributed by atoms with E-state index in [0.717, 1.165) is 0 Å². The highest BCUT2D eigenvalue weighted by Gasteiger charge is 2.08. The number of rotatable bonds is 3. The third kappa shape index (κ3) is 2.52. The van der Waals surface area contributed by atoms with Crippen LogP contribution in [0.3, 0.4) is 0 Å². The molecule has 0 aliphatic carbocycles. The first-order valence-corrected chi connectivity index (χ1v) is 4.36. The summed E-state index contributed by atoms with van der Waals surface area (Å²) in [6.45, 7) is 1.76. The molecular formula is C8H10FN3O3. The van der Waals surface area contributed by atoms with Crippen molar-refractivity contribution >= 4 is 5.91 Å². The fraction of sp³-hybridized carbons (Fsp3) is 0.375. The number of carbonyl (C=O) groups is 1. The van der Waals surface area contributed by atoms with Crippen LogP contribution in [0.25, 0.3) is 0 Å². The molecule has 0 spiro atoms. The van der Waals surface area contributed by atoms with Crippen LogP contribution in [0.15, 0.2) is 15.8 Å². The van der Waals surface area contributed by atoms with Gasteiger partial charge in [0.25, 0.3) is 0 Å². The maximum Gasteiger partial charge on any atom is 0.347 e. The van der Waals surface area contributed by atoms with Crippen molar-refractivity contribution in [3.05, 3.63) is 32.9 Å². The second-order valence-corrected chi connectivity index (χ2v) is 2.87. The van der Waals surface area contributed by atoms with Crippen LogP contribution in [-0.4, -0.2) is 15.6 Å². The van der Waals surface area contributed by atoms with Crippen molar-refractivity contribution in [1.82, 2.24) is 9.66 Å². The van der Waals surface area contributed by atoms with Crippen molar-refractivity contribution in [2.24, 2.45) is 0 Å². The number of H-pyrrole nitrogens is 1. The van der Waals surface area contributed by atoms with Crippen LogP contribution in [-0.2, 0) is 4.79 Å². The number of aromatic amines is 1. The highest BCUT2D eigenvalue weighted by Crippen LogP contribution is 1.86. The summed E-state index contributed by atoms with van der Waals surface area (Å²) in [5.41, 5.74) is -0.0593. The van der Waals surface area contributed by atoms with E-state index in [4.69, 9.17) is 0 Å². The molecule has 0 saturated carbocycles. The summed E-state index contributed by atoms with van der Waals surface area (Å²) in [7, 11) is 0. The van der Waals surface area contributed by atoms with E-state index >= 15 is 0 Å². The summed E-state index contributed by atoms with van der Waals surface area (Å²) < 4.78 is 13.1. The Hall–Kier alpha value is -1.92. The van der Waals surface area contributed by atoms with Gasteiger partial charge in [-0.3, -0.25) is 15.0 Å². The monoisotopic (exact) mass is 215 g/mol. The smallest absolute Gasteiger partial charge is 0.310 e. The third-order valence-corrected chi connectivity index (χ3v) is 1.65. The molecule has 2 N–H and O–H groups in total. The van der Waals surface area contributed by atoms with Gasteiger partial charge in [-0.15, -0.1) is 0 Å². The topological polar surface area (TPSA) is 84.0 Å². The minimum absolute atomic E-state index is 0.155. The average molecular weight is 215 g/mol. The lowest BCUT2D eigenvalue weighted by atomic mass is 10.3. The van der Waals surface area contributed by atoms with E-state index in [2.05, 4.69) is 0 Å². The molecule has 1 amide bonds. The number of nitrogens with one attached hydrogen (secondary N) is 2. The van der Waals surface area contributed by atoms with Crippen molar-refractivity contribution in [2.75, 3.05) is 5.43 Å². The average Bonchev–Trinajstić information content (AvgIpc) is 2.19. The largest absolute Gasteiger partial charge is 0.347 e. The van der Waals surface area contributed by atoms with E-state index in [9.17, 15) is 18.8 Å². The van der Waals surface area contributed by atoms with Crippen LogP contribution in [0, 0.1) is 5.82 Å². The van der Waals surface area contributed by atoms with Gasteiger partial charge in [-0.25, -0.2) is 4.79 Å². The Morgan fingerprint density at radius 3 is 2.87 bits per heavy atom. The number of nitrogens with zero attached hydrogens (tertiary/aromatic N) is 1.